The van der Waals surface area contributed by atoms with Crippen molar-refractivity contribution >= 4 is 17.6 Å². The summed E-state index contributed by atoms with van der Waals surface area (Å²) in [5, 5.41) is 9.37. The van der Waals surface area contributed by atoms with Gasteiger partial charge in [-0.2, -0.15) is 0 Å². The molecule has 2 aliphatic rings. The molecule has 1 N–H and O–H groups in total. The van der Waals surface area contributed by atoms with Crippen LogP contribution in [0.5, 0.6) is 0 Å². The second kappa shape index (κ2) is 5.87. The number of nitrogens with zero attached hydrogens (tertiary/aromatic N) is 2. The first-order valence-corrected chi connectivity index (χ1v) is 8.29. The molecule has 2 heterocycles. The van der Waals surface area contributed by atoms with Gasteiger partial charge < -0.3 is 14.9 Å². The summed E-state index contributed by atoms with van der Waals surface area (Å²) < 4.78 is 0. The number of hydrogen-bond acceptors (Lipinski definition) is 3. The first kappa shape index (κ1) is 15.8. The van der Waals surface area contributed by atoms with Crippen molar-refractivity contribution in [3.63, 3.8) is 0 Å². The van der Waals surface area contributed by atoms with E-state index in [0.29, 0.717) is 18.5 Å². The fourth-order valence-corrected chi connectivity index (χ4v) is 3.53. The number of carboxylic acid groups (broad SMARTS) is 1. The maximum atomic E-state index is 13.0. The molecule has 1 aromatic carbocycles. The Morgan fingerprint density at radius 2 is 1.87 bits per heavy atom. The van der Waals surface area contributed by atoms with Crippen LogP contribution in [0, 0.1) is 12.3 Å². The molecule has 0 aromatic heterocycles. The van der Waals surface area contributed by atoms with Crippen LogP contribution in [0.2, 0.25) is 0 Å². The van der Waals surface area contributed by atoms with E-state index in [4.69, 9.17) is 0 Å². The molecule has 1 amide bonds. The Balaban J connectivity index is 1.88. The number of carboxylic acids is 1. The molecular formula is C18H24N2O3. The third kappa shape index (κ3) is 2.92. The van der Waals surface area contributed by atoms with Gasteiger partial charge in [-0.15, -0.1) is 0 Å². The number of rotatable bonds is 3. The van der Waals surface area contributed by atoms with Crippen LogP contribution in [-0.4, -0.2) is 48.1 Å². The van der Waals surface area contributed by atoms with Gasteiger partial charge in [0.05, 0.1) is 11.0 Å². The molecule has 0 saturated carbocycles. The van der Waals surface area contributed by atoms with E-state index in [9.17, 15) is 14.7 Å². The molecule has 1 atom stereocenters. The summed E-state index contributed by atoms with van der Waals surface area (Å²) in [6.45, 7) is 6.46. The molecule has 2 saturated heterocycles. The Labute approximate surface area is 136 Å². The lowest BCUT2D eigenvalue weighted by molar-refractivity contribution is -0.147. The number of aliphatic carboxylic acids is 1. The Bertz CT molecular complexity index is 637. The van der Waals surface area contributed by atoms with Crippen molar-refractivity contribution in [1.82, 2.24) is 4.90 Å². The summed E-state index contributed by atoms with van der Waals surface area (Å²) in [6, 6.07) is 6.00. The van der Waals surface area contributed by atoms with Crippen molar-refractivity contribution in [1.29, 1.82) is 0 Å². The lowest BCUT2D eigenvalue weighted by Gasteiger charge is -2.25. The quantitative estimate of drug-likeness (QED) is 0.931. The molecule has 0 spiro atoms. The average molecular weight is 316 g/mol. The number of benzene rings is 1. The number of carbonyl (C=O) groups is 2. The maximum Gasteiger partial charge on any atom is 0.311 e. The summed E-state index contributed by atoms with van der Waals surface area (Å²) in [5.41, 5.74) is 1.92. The largest absolute Gasteiger partial charge is 0.481 e. The number of aryl methyl sites for hydroxylation is 1. The molecule has 2 fully saturated rings. The van der Waals surface area contributed by atoms with Crippen LogP contribution in [-0.2, 0) is 4.79 Å². The molecular weight excluding hydrogens is 292 g/mol. The maximum absolute atomic E-state index is 13.0. The van der Waals surface area contributed by atoms with E-state index in [0.717, 1.165) is 37.2 Å². The molecule has 3 rings (SSSR count). The van der Waals surface area contributed by atoms with E-state index in [2.05, 4.69) is 4.90 Å². The van der Waals surface area contributed by atoms with Gasteiger partial charge in [-0.05, 0) is 45.2 Å². The highest BCUT2D eigenvalue weighted by atomic mass is 16.4. The second-order valence-corrected chi connectivity index (χ2v) is 7.06. The lowest BCUT2D eigenvalue weighted by atomic mass is 9.90. The van der Waals surface area contributed by atoms with Gasteiger partial charge in [0.2, 0.25) is 0 Å². The zero-order valence-corrected chi connectivity index (χ0v) is 13.8. The molecule has 1 unspecified atom stereocenters. The van der Waals surface area contributed by atoms with Crippen molar-refractivity contribution in [2.45, 2.75) is 33.1 Å². The summed E-state index contributed by atoms with van der Waals surface area (Å²) in [6.07, 6.45) is 2.82. The van der Waals surface area contributed by atoms with E-state index < -0.39 is 11.4 Å². The zero-order chi connectivity index (χ0) is 16.6. The molecule has 0 aliphatic carbocycles. The van der Waals surface area contributed by atoms with Crippen LogP contribution >= 0.6 is 0 Å². The fourth-order valence-electron chi connectivity index (χ4n) is 3.53. The average Bonchev–Trinajstić information content (AvgIpc) is 3.17. The van der Waals surface area contributed by atoms with Gasteiger partial charge in [0.15, 0.2) is 0 Å². The highest BCUT2D eigenvalue weighted by Crippen LogP contribution is 2.33. The first-order valence-electron chi connectivity index (χ1n) is 8.29. The fraction of sp³-hybridized carbons (Fsp3) is 0.556. The predicted molar refractivity (Wildman–Crippen MR) is 88.9 cm³/mol. The summed E-state index contributed by atoms with van der Waals surface area (Å²) in [5.74, 6) is -0.864. The number of carbonyl (C=O) groups excluding carboxylic acids is 1. The van der Waals surface area contributed by atoms with Crippen molar-refractivity contribution in [2.24, 2.45) is 5.41 Å². The van der Waals surface area contributed by atoms with Crippen LogP contribution in [0.1, 0.15) is 42.1 Å². The minimum atomic E-state index is -0.826. The van der Waals surface area contributed by atoms with Crippen LogP contribution in [0.15, 0.2) is 18.2 Å². The monoisotopic (exact) mass is 316 g/mol. The van der Waals surface area contributed by atoms with Gasteiger partial charge in [0.1, 0.15) is 0 Å². The van der Waals surface area contributed by atoms with Crippen molar-refractivity contribution in [2.75, 3.05) is 31.1 Å². The molecule has 0 bridgehead atoms. The molecule has 5 nitrogen and oxygen atoms in total. The molecule has 1 aromatic rings. The summed E-state index contributed by atoms with van der Waals surface area (Å²) >= 11 is 0. The summed E-state index contributed by atoms with van der Waals surface area (Å²) in [7, 11) is 0. The smallest absolute Gasteiger partial charge is 0.311 e. The summed E-state index contributed by atoms with van der Waals surface area (Å²) in [4.78, 5) is 28.4. The van der Waals surface area contributed by atoms with Gasteiger partial charge in [0, 0.05) is 31.9 Å². The van der Waals surface area contributed by atoms with Crippen LogP contribution < -0.4 is 4.90 Å². The van der Waals surface area contributed by atoms with Crippen LogP contribution in [0.3, 0.4) is 0 Å². The van der Waals surface area contributed by atoms with Crippen molar-refractivity contribution < 1.29 is 14.7 Å². The van der Waals surface area contributed by atoms with E-state index in [1.165, 1.54) is 0 Å². The minimum Gasteiger partial charge on any atom is -0.481 e. The number of hydrogen-bond donors (Lipinski definition) is 1. The third-order valence-corrected chi connectivity index (χ3v) is 5.11. The predicted octanol–water partition coefficient (Wildman–Crippen LogP) is 2.53. The molecule has 0 radical (unpaired) electrons. The van der Waals surface area contributed by atoms with Crippen LogP contribution in [0.25, 0.3) is 0 Å². The normalized spacial score (nSPS) is 24.3. The SMILES string of the molecule is Cc1ccc(N2CCCC2)c(C(=O)N2CCC(C)(C(=O)O)C2)c1. The van der Waals surface area contributed by atoms with Gasteiger partial charge in [0.25, 0.3) is 5.91 Å². The standard InChI is InChI=1S/C18H24N2O3/c1-13-5-6-15(19-8-3-4-9-19)14(11-13)16(21)20-10-7-18(2,12-20)17(22)23/h5-6,11H,3-4,7-10,12H2,1-2H3,(H,22,23). The molecule has 2 aliphatic heterocycles. The Morgan fingerprint density at radius 3 is 2.48 bits per heavy atom. The topological polar surface area (TPSA) is 60.9 Å². The second-order valence-electron chi connectivity index (χ2n) is 7.06. The van der Waals surface area contributed by atoms with Gasteiger partial charge in [-0.25, -0.2) is 0 Å². The zero-order valence-electron chi connectivity index (χ0n) is 13.8. The molecule has 5 heteroatoms. The highest BCUT2D eigenvalue weighted by molar-refractivity contribution is 6.00. The molecule has 124 valence electrons. The van der Waals surface area contributed by atoms with Crippen LogP contribution in [0.4, 0.5) is 5.69 Å². The van der Waals surface area contributed by atoms with Gasteiger partial charge in [-0.1, -0.05) is 11.6 Å². The van der Waals surface area contributed by atoms with Crippen molar-refractivity contribution in [3.05, 3.63) is 29.3 Å². The number of amides is 1. The minimum absolute atomic E-state index is 0.0411. The Hall–Kier alpha value is -2.04. The van der Waals surface area contributed by atoms with E-state index in [1.807, 2.05) is 25.1 Å². The first-order chi connectivity index (χ1) is 10.9. The van der Waals surface area contributed by atoms with E-state index >= 15 is 0 Å². The van der Waals surface area contributed by atoms with E-state index in [1.54, 1.807) is 11.8 Å². The van der Waals surface area contributed by atoms with E-state index in [-0.39, 0.29) is 12.5 Å². The number of likely N-dealkylation sites (tertiary alicyclic amines) is 1. The number of anilines is 1. The van der Waals surface area contributed by atoms with Gasteiger partial charge >= 0.3 is 5.97 Å². The third-order valence-electron chi connectivity index (χ3n) is 5.11. The Kier molecular flexibility index (Phi) is 4.04. The molecule has 23 heavy (non-hydrogen) atoms. The van der Waals surface area contributed by atoms with Gasteiger partial charge in [-0.3, -0.25) is 9.59 Å². The Morgan fingerprint density at radius 1 is 1.17 bits per heavy atom. The lowest BCUT2D eigenvalue weighted by Crippen LogP contribution is -2.35. The van der Waals surface area contributed by atoms with Crippen molar-refractivity contribution in [3.8, 4) is 0 Å². The highest BCUT2D eigenvalue weighted by Gasteiger charge is 2.42.